The number of fused-ring (bicyclic) bond motifs is 1. The molecule has 2 heterocycles. The SMILES string of the molecule is Cn1cc(CNCCCn2ncc3ccccc32)c(-c2ccccc2F)n1. The summed E-state index contributed by atoms with van der Waals surface area (Å²) in [5, 5.41) is 13.5. The number of halogens is 1. The van der Waals surface area contributed by atoms with Gasteiger partial charge < -0.3 is 5.32 Å². The Balaban J connectivity index is 1.35. The number of aryl methyl sites for hydroxylation is 2. The number of hydrogen-bond acceptors (Lipinski definition) is 3. The lowest BCUT2D eigenvalue weighted by atomic mass is 10.1. The van der Waals surface area contributed by atoms with Crippen LogP contribution in [0.4, 0.5) is 4.39 Å². The van der Waals surface area contributed by atoms with E-state index in [1.54, 1.807) is 16.8 Å². The lowest BCUT2D eigenvalue weighted by Crippen LogP contribution is -2.17. The van der Waals surface area contributed by atoms with E-state index < -0.39 is 0 Å². The molecule has 2 aromatic carbocycles. The molecule has 5 nitrogen and oxygen atoms in total. The number of hydrogen-bond donors (Lipinski definition) is 1. The molecule has 6 heteroatoms. The fraction of sp³-hybridized carbons (Fsp3) is 0.238. The van der Waals surface area contributed by atoms with Gasteiger partial charge in [0.2, 0.25) is 0 Å². The topological polar surface area (TPSA) is 47.7 Å². The highest BCUT2D eigenvalue weighted by molar-refractivity contribution is 5.78. The second-order valence-corrected chi connectivity index (χ2v) is 6.61. The Hall–Kier alpha value is -2.99. The molecule has 1 N–H and O–H groups in total. The molecule has 0 aliphatic carbocycles. The maximum atomic E-state index is 14.1. The Morgan fingerprint density at radius 2 is 1.89 bits per heavy atom. The first-order valence-electron chi connectivity index (χ1n) is 9.11. The van der Waals surface area contributed by atoms with Gasteiger partial charge in [0.05, 0.1) is 17.4 Å². The average molecular weight is 363 g/mol. The molecule has 27 heavy (non-hydrogen) atoms. The third kappa shape index (κ3) is 3.75. The summed E-state index contributed by atoms with van der Waals surface area (Å²) in [6, 6.07) is 15.0. The van der Waals surface area contributed by atoms with Crippen LogP contribution in [0.3, 0.4) is 0 Å². The number of benzene rings is 2. The standard InChI is InChI=1S/C21H22FN5/c1-26-15-17(21(25-26)18-8-3-4-9-19(18)22)13-23-11-6-12-27-20-10-5-2-7-16(20)14-24-27/h2-5,7-10,14-15,23H,6,11-13H2,1H3. The van der Waals surface area contributed by atoms with Crippen molar-refractivity contribution in [1.82, 2.24) is 24.9 Å². The van der Waals surface area contributed by atoms with Gasteiger partial charge in [0.25, 0.3) is 0 Å². The lowest BCUT2D eigenvalue weighted by Gasteiger charge is -2.07. The first-order chi connectivity index (χ1) is 13.2. The van der Waals surface area contributed by atoms with Crippen LogP contribution in [0.15, 0.2) is 60.9 Å². The summed E-state index contributed by atoms with van der Waals surface area (Å²) in [6.07, 6.45) is 4.80. The van der Waals surface area contributed by atoms with Gasteiger partial charge in [-0.25, -0.2) is 4.39 Å². The first-order valence-corrected chi connectivity index (χ1v) is 9.11. The van der Waals surface area contributed by atoms with Gasteiger partial charge in [0.1, 0.15) is 5.82 Å². The molecule has 0 radical (unpaired) electrons. The minimum absolute atomic E-state index is 0.247. The molecular formula is C21H22FN5. The Labute approximate surface area is 157 Å². The molecule has 0 amide bonds. The van der Waals surface area contributed by atoms with Crippen LogP contribution in [0.1, 0.15) is 12.0 Å². The van der Waals surface area contributed by atoms with Gasteiger partial charge in [-0.2, -0.15) is 10.2 Å². The van der Waals surface area contributed by atoms with E-state index in [9.17, 15) is 4.39 Å². The minimum Gasteiger partial charge on any atom is -0.312 e. The van der Waals surface area contributed by atoms with Gasteiger partial charge in [-0.05, 0) is 31.2 Å². The van der Waals surface area contributed by atoms with Crippen LogP contribution in [-0.4, -0.2) is 26.1 Å². The van der Waals surface area contributed by atoms with Crippen molar-refractivity contribution in [2.24, 2.45) is 7.05 Å². The summed E-state index contributed by atoms with van der Waals surface area (Å²) in [4.78, 5) is 0. The molecule has 0 aliphatic heterocycles. The molecule has 4 aromatic rings. The maximum Gasteiger partial charge on any atom is 0.132 e. The van der Waals surface area contributed by atoms with Crippen LogP contribution in [0.5, 0.6) is 0 Å². The van der Waals surface area contributed by atoms with Gasteiger partial charge in [-0.15, -0.1) is 0 Å². The van der Waals surface area contributed by atoms with Crippen LogP contribution in [0.2, 0.25) is 0 Å². The smallest absolute Gasteiger partial charge is 0.132 e. The van der Waals surface area contributed by atoms with Crippen molar-refractivity contribution in [3.8, 4) is 11.3 Å². The molecule has 0 bridgehead atoms. The monoisotopic (exact) mass is 363 g/mol. The van der Waals surface area contributed by atoms with E-state index >= 15 is 0 Å². The van der Waals surface area contributed by atoms with Crippen LogP contribution >= 0.6 is 0 Å². The Bertz CT molecular complexity index is 1050. The number of nitrogens with one attached hydrogen (secondary N) is 1. The fourth-order valence-corrected chi connectivity index (χ4v) is 3.33. The van der Waals surface area contributed by atoms with Crippen molar-refractivity contribution >= 4 is 10.9 Å². The van der Waals surface area contributed by atoms with Crippen LogP contribution < -0.4 is 5.32 Å². The molecule has 0 saturated heterocycles. The van der Waals surface area contributed by atoms with E-state index in [4.69, 9.17) is 0 Å². The second kappa shape index (κ2) is 7.72. The molecule has 0 spiro atoms. The summed E-state index contributed by atoms with van der Waals surface area (Å²) < 4.78 is 17.9. The Kier molecular flexibility index (Phi) is 4.98. The van der Waals surface area contributed by atoms with Gasteiger partial charge in [0.15, 0.2) is 0 Å². The predicted molar refractivity (Wildman–Crippen MR) is 105 cm³/mol. The normalized spacial score (nSPS) is 11.3. The zero-order chi connectivity index (χ0) is 18.6. The summed E-state index contributed by atoms with van der Waals surface area (Å²) >= 11 is 0. The van der Waals surface area contributed by atoms with Gasteiger partial charge in [-0.3, -0.25) is 9.36 Å². The van der Waals surface area contributed by atoms with Crippen LogP contribution in [0.25, 0.3) is 22.2 Å². The van der Waals surface area contributed by atoms with Gasteiger partial charge in [0, 0.05) is 42.8 Å². The average Bonchev–Trinajstić information content (AvgIpc) is 3.25. The highest BCUT2D eigenvalue weighted by Gasteiger charge is 2.13. The minimum atomic E-state index is -0.247. The van der Waals surface area contributed by atoms with Gasteiger partial charge >= 0.3 is 0 Å². The zero-order valence-electron chi connectivity index (χ0n) is 15.3. The van der Waals surface area contributed by atoms with E-state index in [2.05, 4.69) is 27.6 Å². The molecule has 0 fully saturated rings. The number of para-hydroxylation sites is 1. The van der Waals surface area contributed by atoms with Gasteiger partial charge in [-0.1, -0.05) is 30.3 Å². The first kappa shape index (κ1) is 17.4. The highest BCUT2D eigenvalue weighted by atomic mass is 19.1. The van der Waals surface area contributed by atoms with E-state index in [0.29, 0.717) is 17.8 Å². The van der Waals surface area contributed by atoms with E-state index in [0.717, 1.165) is 36.0 Å². The molecule has 2 aromatic heterocycles. The van der Waals surface area contributed by atoms with Crippen LogP contribution in [0, 0.1) is 5.82 Å². The number of nitrogens with zero attached hydrogens (tertiary/aromatic N) is 4. The molecule has 0 aliphatic rings. The molecule has 0 atom stereocenters. The highest BCUT2D eigenvalue weighted by Crippen LogP contribution is 2.24. The molecule has 0 unspecified atom stereocenters. The van der Waals surface area contributed by atoms with E-state index in [1.165, 1.54) is 6.07 Å². The third-order valence-corrected chi connectivity index (χ3v) is 4.62. The zero-order valence-corrected chi connectivity index (χ0v) is 15.3. The summed E-state index contributed by atoms with van der Waals surface area (Å²) in [7, 11) is 1.86. The largest absolute Gasteiger partial charge is 0.312 e. The van der Waals surface area contributed by atoms with Crippen molar-refractivity contribution in [2.45, 2.75) is 19.5 Å². The lowest BCUT2D eigenvalue weighted by molar-refractivity contribution is 0.555. The third-order valence-electron chi connectivity index (χ3n) is 4.62. The number of aromatic nitrogens is 4. The Morgan fingerprint density at radius 1 is 1.07 bits per heavy atom. The van der Waals surface area contributed by atoms with Crippen molar-refractivity contribution in [3.05, 3.63) is 72.3 Å². The van der Waals surface area contributed by atoms with E-state index in [1.807, 2.05) is 42.3 Å². The predicted octanol–water partition coefficient (Wildman–Crippen LogP) is 3.76. The summed E-state index contributed by atoms with van der Waals surface area (Å²) in [6.45, 7) is 2.35. The molecule has 0 saturated carbocycles. The van der Waals surface area contributed by atoms with Crippen molar-refractivity contribution in [3.63, 3.8) is 0 Å². The Morgan fingerprint density at radius 3 is 2.78 bits per heavy atom. The fourth-order valence-electron chi connectivity index (χ4n) is 3.33. The molecule has 4 rings (SSSR count). The molecule has 138 valence electrons. The second-order valence-electron chi connectivity index (χ2n) is 6.61. The molecular weight excluding hydrogens is 341 g/mol. The summed E-state index contributed by atoms with van der Waals surface area (Å²) in [5.74, 6) is -0.247. The van der Waals surface area contributed by atoms with Crippen molar-refractivity contribution < 1.29 is 4.39 Å². The quantitative estimate of drug-likeness (QED) is 0.509. The van der Waals surface area contributed by atoms with E-state index in [-0.39, 0.29) is 5.82 Å². The van der Waals surface area contributed by atoms with Crippen LogP contribution in [-0.2, 0) is 20.1 Å². The number of rotatable bonds is 7. The summed E-state index contributed by atoms with van der Waals surface area (Å²) in [5.41, 5.74) is 3.39. The van der Waals surface area contributed by atoms with Crippen molar-refractivity contribution in [1.29, 1.82) is 0 Å². The van der Waals surface area contributed by atoms with Crippen molar-refractivity contribution in [2.75, 3.05) is 6.54 Å². The maximum absolute atomic E-state index is 14.1.